The van der Waals surface area contributed by atoms with Gasteiger partial charge in [-0.05, 0) is 17.2 Å². The Balaban J connectivity index is 3.05. The van der Waals surface area contributed by atoms with Crippen molar-refractivity contribution in [3.63, 3.8) is 0 Å². The van der Waals surface area contributed by atoms with Crippen molar-refractivity contribution in [2.24, 2.45) is 0 Å². The highest BCUT2D eigenvalue weighted by atomic mass is 14.0. The van der Waals surface area contributed by atoms with Crippen LogP contribution < -0.4 is 0 Å². The van der Waals surface area contributed by atoms with E-state index in [1.54, 1.807) is 12.1 Å². The third-order valence-corrected chi connectivity index (χ3v) is 1.54. The summed E-state index contributed by atoms with van der Waals surface area (Å²) in [5.41, 5.74) is 4.71. The topological polar surface area (TPSA) is 0 Å². The fourth-order valence-corrected chi connectivity index (χ4v) is 0.968. The molecule has 0 aromatic heterocycles. The lowest BCUT2D eigenvalue weighted by atomic mass is 9.98. The monoisotopic (exact) mass is 152 g/mol. The Morgan fingerprint density at radius 1 is 1.33 bits per heavy atom. The molecular formula is C11H9B. The minimum atomic E-state index is 0.936. The molecule has 0 atom stereocenters. The van der Waals surface area contributed by atoms with Gasteiger partial charge in [0.2, 0.25) is 0 Å². The molecule has 0 N–H and O–H groups in total. The van der Waals surface area contributed by atoms with Crippen molar-refractivity contribution in [1.82, 2.24) is 0 Å². The van der Waals surface area contributed by atoms with Crippen LogP contribution in [0.25, 0.3) is 5.57 Å². The highest BCUT2D eigenvalue weighted by Gasteiger charge is 1.92. The molecule has 0 saturated carbocycles. The molecule has 0 heterocycles. The molecule has 0 fully saturated rings. The van der Waals surface area contributed by atoms with Crippen LogP contribution in [0.5, 0.6) is 0 Å². The van der Waals surface area contributed by atoms with Gasteiger partial charge in [0.05, 0.1) is 0 Å². The first-order valence-electron chi connectivity index (χ1n) is 3.71. The number of hydrogen-bond donors (Lipinski definition) is 0. The quantitative estimate of drug-likeness (QED) is 0.347. The van der Waals surface area contributed by atoms with Crippen LogP contribution in [-0.2, 0) is 0 Å². The lowest BCUT2D eigenvalue weighted by molar-refractivity contribution is 1.63. The average molecular weight is 152 g/mol. The molecular weight excluding hydrogens is 143 g/mol. The maximum Gasteiger partial charge on any atom is 0.103 e. The molecule has 1 heteroatoms. The Morgan fingerprint density at radius 2 is 2.00 bits per heavy atom. The van der Waals surface area contributed by atoms with Gasteiger partial charge in [0.25, 0.3) is 0 Å². The van der Waals surface area contributed by atoms with E-state index < -0.39 is 0 Å². The van der Waals surface area contributed by atoms with Crippen LogP contribution in [0.15, 0.2) is 54.7 Å². The normalized spacial score (nSPS) is 10.5. The number of rotatable bonds is 2. The first-order chi connectivity index (χ1) is 5.88. The number of benzene rings is 1. The molecule has 0 bridgehead atoms. The van der Waals surface area contributed by atoms with Gasteiger partial charge in [-0.3, -0.25) is 0 Å². The number of hydrogen-bond acceptors (Lipinski definition) is 0. The molecule has 0 unspecified atom stereocenters. The molecule has 1 rings (SSSR count). The molecule has 0 saturated heterocycles. The molecule has 1 aromatic carbocycles. The second-order valence-electron chi connectivity index (χ2n) is 2.34. The van der Waals surface area contributed by atoms with Crippen molar-refractivity contribution >= 4 is 13.4 Å². The minimum absolute atomic E-state index is 0.936. The standard InChI is InChI=1S/C11H9B/c1-2-6-11(9-12)10-7-4-3-5-8-10/h3-9H,1H2. The van der Waals surface area contributed by atoms with Crippen LogP contribution in [0.1, 0.15) is 5.56 Å². The van der Waals surface area contributed by atoms with Crippen molar-refractivity contribution < 1.29 is 0 Å². The smallest absolute Gasteiger partial charge is 0.103 e. The van der Waals surface area contributed by atoms with Gasteiger partial charge < -0.3 is 0 Å². The molecule has 0 amide bonds. The van der Waals surface area contributed by atoms with Gasteiger partial charge >= 0.3 is 0 Å². The zero-order valence-electron chi connectivity index (χ0n) is 6.83. The maximum atomic E-state index is 5.43. The summed E-state index contributed by atoms with van der Waals surface area (Å²) < 4.78 is 0. The molecule has 56 valence electrons. The van der Waals surface area contributed by atoms with E-state index in [1.165, 1.54) is 0 Å². The molecule has 12 heavy (non-hydrogen) atoms. The highest BCUT2D eigenvalue weighted by molar-refractivity contribution is 6.21. The van der Waals surface area contributed by atoms with Gasteiger partial charge in [-0.1, -0.05) is 36.9 Å². The fourth-order valence-electron chi connectivity index (χ4n) is 0.968. The summed E-state index contributed by atoms with van der Waals surface area (Å²) in [4.78, 5) is 0. The average Bonchev–Trinajstić information content (AvgIpc) is 2.15. The molecule has 2 radical (unpaired) electrons. The van der Waals surface area contributed by atoms with E-state index in [2.05, 4.69) is 12.3 Å². The fraction of sp³-hybridized carbons (Fsp3) is 0. The lowest BCUT2D eigenvalue weighted by Gasteiger charge is -1.98. The van der Waals surface area contributed by atoms with Gasteiger partial charge in [-0.25, -0.2) is 0 Å². The first-order valence-corrected chi connectivity index (χ1v) is 3.71. The van der Waals surface area contributed by atoms with Gasteiger partial charge in [-0.2, -0.15) is 0 Å². The largest absolute Gasteiger partial charge is 0.128 e. The van der Waals surface area contributed by atoms with Crippen molar-refractivity contribution in [1.29, 1.82) is 0 Å². The first kappa shape index (κ1) is 8.64. The third kappa shape index (κ3) is 2.01. The van der Waals surface area contributed by atoms with E-state index in [0.717, 1.165) is 11.1 Å². The second-order valence-corrected chi connectivity index (χ2v) is 2.34. The van der Waals surface area contributed by atoms with Crippen LogP contribution in [0.3, 0.4) is 0 Å². The van der Waals surface area contributed by atoms with Gasteiger partial charge in [0.15, 0.2) is 0 Å². The van der Waals surface area contributed by atoms with Gasteiger partial charge in [-0.15, -0.1) is 11.7 Å². The van der Waals surface area contributed by atoms with Crippen LogP contribution in [-0.4, -0.2) is 7.85 Å². The highest BCUT2D eigenvalue weighted by Crippen LogP contribution is 2.13. The molecule has 0 spiro atoms. The summed E-state index contributed by atoms with van der Waals surface area (Å²) in [6.45, 7) is 3.50. The maximum absolute atomic E-state index is 5.43. The second kappa shape index (κ2) is 4.43. The van der Waals surface area contributed by atoms with E-state index >= 15 is 0 Å². The summed E-state index contributed by atoms with van der Waals surface area (Å²) in [5.74, 6) is 1.55. The Labute approximate surface area is 74.3 Å². The van der Waals surface area contributed by atoms with E-state index in [1.807, 2.05) is 30.3 Å². The van der Waals surface area contributed by atoms with E-state index in [4.69, 9.17) is 7.85 Å². The summed E-state index contributed by atoms with van der Waals surface area (Å²) in [7, 11) is 5.43. The Morgan fingerprint density at radius 3 is 2.50 bits per heavy atom. The van der Waals surface area contributed by atoms with Gasteiger partial charge in [0.1, 0.15) is 7.85 Å². The van der Waals surface area contributed by atoms with Crippen LogP contribution >= 0.6 is 0 Å². The van der Waals surface area contributed by atoms with Crippen molar-refractivity contribution in [2.75, 3.05) is 0 Å². The van der Waals surface area contributed by atoms with E-state index in [0.29, 0.717) is 0 Å². The Bertz CT molecular complexity index is 316. The molecule has 0 aliphatic rings. The molecule has 0 aliphatic heterocycles. The zero-order chi connectivity index (χ0) is 8.81. The predicted molar refractivity (Wildman–Crippen MR) is 53.9 cm³/mol. The summed E-state index contributed by atoms with van der Waals surface area (Å²) in [5, 5.41) is 0. The Hall–Kier alpha value is -1.46. The SMILES string of the molecule is [B]C=C(C=C=C)c1ccccc1. The minimum Gasteiger partial charge on any atom is -0.128 e. The van der Waals surface area contributed by atoms with E-state index in [-0.39, 0.29) is 0 Å². The predicted octanol–water partition coefficient (Wildman–Crippen LogP) is 2.54. The van der Waals surface area contributed by atoms with Crippen LogP contribution in [0.2, 0.25) is 0 Å². The molecule has 0 aliphatic carbocycles. The molecule has 0 nitrogen and oxygen atoms in total. The van der Waals surface area contributed by atoms with E-state index in [9.17, 15) is 0 Å². The third-order valence-electron chi connectivity index (χ3n) is 1.54. The zero-order valence-corrected chi connectivity index (χ0v) is 6.83. The summed E-state index contributed by atoms with van der Waals surface area (Å²) in [6.07, 6.45) is 1.76. The van der Waals surface area contributed by atoms with Crippen molar-refractivity contribution in [3.05, 3.63) is 60.3 Å². The van der Waals surface area contributed by atoms with Crippen LogP contribution in [0.4, 0.5) is 0 Å². The van der Waals surface area contributed by atoms with Gasteiger partial charge in [0, 0.05) is 0 Å². The summed E-state index contributed by atoms with van der Waals surface area (Å²) in [6, 6.07) is 9.89. The Kier molecular flexibility index (Phi) is 3.19. The lowest BCUT2D eigenvalue weighted by Crippen LogP contribution is -1.78. The molecule has 1 aromatic rings. The van der Waals surface area contributed by atoms with Crippen LogP contribution in [0, 0.1) is 0 Å². The number of allylic oxidation sites excluding steroid dienone is 2. The summed E-state index contributed by atoms with van der Waals surface area (Å²) >= 11 is 0. The van der Waals surface area contributed by atoms with Crippen molar-refractivity contribution in [3.8, 4) is 0 Å². The van der Waals surface area contributed by atoms with Crippen molar-refractivity contribution in [2.45, 2.75) is 0 Å².